The Kier molecular flexibility index (Phi) is 5.21. The average molecular weight is 247 g/mol. The van der Waals surface area contributed by atoms with E-state index in [0.29, 0.717) is 12.0 Å². The lowest BCUT2D eigenvalue weighted by atomic mass is 9.90. The van der Waals surface area contributed by atoms with Crippen LogP contribution in [0.4, 0.5) is 0 Å². The van der Waals surface area contributed by atoms with Crippen LogP contribution in [0, 0.1) is 11.8 Å². The Balaban J connectivity index is 1.70. The van der Waals surface area contributed by atoms with E-state index in [0.717, 1.165) is 25.6 Å². The largest absolute Gasteiger partial charge is 0.378 e. The van der Waals surface area contributed by atoms with Gasteiger partial charge in [-0.3, -0.25) is 0 Å². The number of hydrogen-bond acceptors (Lipinski definition) is 2. The molecule has 0 saturated carbocycles. The van der Waals surface area contributed by atoms with E-state index >= 15 is 0 Å². The molecule has 1 aromatic rings. The summed E-state index contributed by atoms with van der Waals surface area (Å²) in [5, 5.41) is 3.58. The smallest absolute Gasteiger partial charge is 0.0601 e. The third-order valence-electron chi connectivity index (χ3n) is 3.77. The summed E-state index contributed by atoms with van der Waals surface area (Å²) in [5.74, 6) is 1.41. The van der Waals surface area contributed by atoms with E-state index in [1.165, 1.54) is 18.4 Å². The van der Waals surface area contributed by atoms with Crippen LogP contribution in [0.5, 0.6) is 0 Å². The molecule has 0 aromatic heterocycles. The van der Waals surface area contributed by atoms with Gasteiger partial charge in [0, 0.05) is 13.2 Å². The lowest BCUT2D eigenvalue weighted by Crippen LogP contribution is -2.34. The van der Waals surface area contributed by atoms with Crippen LogP contribution >= 0.6 is 0 Å². The number of hydrogen-bond donors (Lipinski definition) is 1. The van der Waals surface area contributed by atoms with Crippen molar-refractivity contribution in [2.75, 3.05) is 13.2 Å². The highest BCUT2D eigenvalue weighted by Gasteiger charge is 2.24. The highest BCUT2D eigenvalue weighted by atomic mass is 16.5. The van der Waals surface area contributed by atoms with Gasteiger partial charge in [0.15, 0.2) is 0 Å². The lowest BCUT2D eigenvalue weighted by Gasteiger charge is -2.32. The Hall–Kier alpha value is -0.860. The molecule has 18 heavy (non-hydrogen) atoms. The molecule has 1 aromatic carbocycles. The molecular formula is C16H25NO. The van der Waals surface area contributed by atoms with Crippen LogP contribution in [-0.4, -0.2) is 19.3 Å². The molecule has 0 aliphatic carbocycles. The zero-order valence-corrected chi connectivity index (χ0v) is 11.6. The van der Waals surface area contributed by atoms with Crippen molar-refractivity contribution in [3.8, 4) is 0 Å². The highest BCUT2D eigenvalue weighted by Crippen LogP contribution is 2.24. The molecule has 2 nitrogen and oxygen atoms in total. The van der Waals surface area contributed by atoms with Crippen LogP contribution in [0.25, 0.3) is 0 Å². The minimum absolute atomic E-state index is 0.460. The van der Waals surface area contributed by atoms with Crippen molar-refractivity contribution >= 4 is 0 Å². The van der Waals surface area contributed by atoms with Crippen LogP contribution in [0.3, 0.4) is 0 Å². The van der Waals surface area contributed by atoms with E-state index in [9.17, 15) is 0 Å². The summed E-state index contributed by atoms with van der Waals surface area (Å²) in [6.07, 6.45) is 2.87. The van der Waals surface area contributed by atoms with Gasteiger partial charge in [0.25, 0.3) is 0 Å². The summed E-state index contributed by atoms with van der Waals surface area (Å²) in [6, 6.07) is 10.6. The average Bonchev–Trinajstić information content (AvgIpc) is 2.40. The minimum atomic E-state index is 0.460. The number of ether oxygens (including phenoxy) is 1. The van der Waals surface area contributed by atoms with Crippen LogP contribution in [0.1, 0.15) is 32.3 Å². The standard InChI is InChI=1S/C16H25NO/c1-13(2)16-10-15(8-9-18-16)12-17-11-14-6-4-3-5-7-14/h3-7,13,15-17H,8-12H2,1-2H3/t15-,16+/m0/s1. The first-order chi connectivity index (χ1) is 8.75. The Labute approximate surface area is 111 Å². The van der Waals surface area contributed by atoms with Gasteiger partial charge in [0.05, 0.1) is 6.10 Å². The summed E-state index contributed by atoms with van der Waals surface area (Å²) >= 11 is 0. The van der Waals surface area contributed by atoms with E-state index in [2.05, 4.69) is 49.5 Å². The van der Waals surface area contributed by atoms with Gasteiger partial charge in [0.1, 0.15) is 0 Å². The Bertz CT molecular complexity index is 336. The summed E-state index contributed by atoms with van der Waals surface area (Å²) in [4.78, 5) is 0. The van der Waals surface area contributed by atoms with Gasteiger partial charge in [-0.15, -0.1) is 0 Å². The van der Waals surface area contributed by atoms with E-state index in [1.54, 1.807) is 0 Å². The van der Waals surface area contributed by atoms with Crippen molar-refractivity contribution in [3.63, 3.8) is 0 Å². The van der Waals surface area contributed by atoms with E-state index in [-0.39, 0.29) is 0 Å². The van der Waals surface area contributed by atoms with Gasteiger partial charge in [0.2, 0.25) is 0 Å². The molecule has 1 saturated heterocycles. The first kappa shape index (κ1) is 13.6. The fourth-order valence-corrected chi connectivity index (χ4v) is 2.57. The molecule has 0 radical (unpaired) electrons. The zero-order chi connectivity index (χ0) is 12.8. The Morgan fingerprint density at radius 3 is 2.78 bits per heavy atom. The van der Waals surface area contributed by atoms with E-state index in [4.69, 9.17) is 4.74 Å². The summed E-state index contributed by atoms with van der Waals surface area (Å²) in [6.45, 7) is 7.53. The third kappa shape index (κ3) is 4.11. The minimum Gasteiger partial charge on any atom is -0.378 e. The molecule has 100 valence electrons. The molecule has 0 amide bonds. The summed E-state index contributed by atoms with van der Waals surface area (Å²) < 4.78 is 5.81. The fourth-order valence-electron chi connectivity index (χ4n) is 2.57. The second kappa shape index (κ2) is 6.91. The van der Waals surface area contributed by atoms with Crippen molar-refractivity contribution < 1.29 is 4.74 Å². The van der Waals surface area contributed by atoms with Gasteiger partial charge in [-0.2, -0.15) is 0 Å². The molecule has 1 fully saturated rings. The van der Waals surface area contributed by atoms with E-state index < -0.39 is 0 Å². The predicted molar refractivity (Wildman–Crippen MR) is 75.5 cm³/mol. The molecule has 1 aliphatic rings. The van der Waals surface area contributed by atoms with Crippen molar-refractivity contribution in [2.24, 2.45) is 11.8 Å². The lowest BCUT2D eigenvalue weighted by molar-refractivity contribution is -0.0336. The molecule has 1 N–H and O–H groups in total. The topological polar surface area (TPSA) is 21.3 Å². The fraction of sp³-hybridized carbons (Fsp3) is 0.625. The van der Waals surface area contributed by atoms with E-state index in [1.807, 2.05) is 0 Å². The SMILES string of the molecule is CC(C)[C@H]1C[C@@H](CNCc2ccccc2)CCO1. The second-order valence-corrected chi connectivity index (χ2v) is 5.66. The molecular weight excluding hydrogens is 222 g/mol. The molecule has 1 heterocycles. The molecule has 0 unspecified atom stereocenters. The van der Waals surface area contributed by atoms with Gasteiger partial charge < -0.3 is 10.1 Å². The monoisotopic (exact) mass is 247 g/mol. The van der Waals surface area contributed by atoms with Gasteiger partial charge in [-0.05, 0) is 36.8 Å². The molecule has 0 bridgehead atoms. The summed E-state index contributed by atoms with van der Waals surface area (Å²) in [7, 11) is 0. The zero-order valence-electron chi connectivity index (χ0n) is 11.6. The highest BCUT2D eigenvalue weighted by molar-refractivity contribution is 5.14. The Morgan fingerprint density at radius 1 is 1.28 bits per heavy atom. The molecule has 1 aliphatic heterocycles. The van der Waals surface area contributed by atoms with Crippen molar-refractivity contribution in [1.82, 2.24) is 5.32 Å². The predicted octanol–water partition coefficient (Wildman–Crippen LogP) is 3.23. The maximum absolute atomic E-state index is 5.81. The van der Waals surface area contributed by atoms with Gasteiger partial charge in [-0.25, -0.2) is 0 Å². The number of benzene rings is 1. The van der Waals surface area contributed by atoms with Gasteiger partial charge in [-0.1, -0.05) is 44.2 Å². The first-order valence-electron chi connectivity index (χ1n) is 7.12. The second-order valence-electron chi connectivity index (χ2n) is 5.66. The quantitative estimate of drug-likeness (QED) is 0.862. The maximum Gasteiger partial charge on any atom is 0.0601 e. The first-order valence-corrected chi connectivity index (χ1v) is 7.12. The third-order valence-corrected chi connectivity index (χ3v) is 3.77. The number of rotatable bonds is 5. The molecule has 2 atom stereocenters. The molecule has 0 spiro atoms. The molecule has 2 rings (SSSR count). The Morgan fingerprint density at radius 2 is 2.06 bits per heavy atom. The van der Waals surface area contributed by atoms with Crippen LogP contribution in [0.15, 0.2) is 30.3 Å². The summed E-state index contributed by atoms with van der Waals surface area (Å²) in [5.41, 5.74) is 1.37. The van der Waals surface area contributed by atoms with Crippen molar-refractivity contribution in [3.05, 3.63) is 35.9 Å². The van der Waals surface area contributed by atoms with Crippen LogP contribution in [-0.2, 0) is 11.3 Å². The van der Waals surface area contributed by atoms with Gasteiger partial charge >= 0.3 is 0 Å². The molecule has 2 heteroatoms. The van der Waals surface area contributed by atoms with Crippen molar-refractivity contribution in [1.29, 1.82) is 0 Å². The van der Waals surface area contributed by atoms with Crippen molar-refractivity contribution in [2.45, 2.75) is 39.3 Å². The number of nitrogens with one attached hydrogen (secondary N) is 1. The van der Waals surface area contributed by atoms with Crippen LogP contribution < -0.4 is 5.32 Å². The van der Waals surface area contributed by atoms with Crippen LogP contribution in [0.2, 0.25) is 0 Å². The maximum atomic E-state index is 5.81. The normalized spacial score (nSPS) is 24.4.